The molecule has 0 unspecified atom stereocenters. The van der Waals surface area contributed by atoms with Gasteiger partial charge in [-0.2, -0.15) is 4.31 Å². The summed E-state index contributed by atoms with van der Waals surface area (Å²) in [6, 6.07) is 17.1. The molecule has 1 N–H and O–H groups in total. The number of para-hydroxylation sites is 1. The maximum absolute atomic E-state index is 13.1. The predicted molar refractivity (Wildman–Crippen MR) is 143 cm³/mol. The quantitative estimate of drug-likeness (QED) is 0.386. The Bertz CT molecular complexity index is 1500. The summed E-state index contributed by atoms with van der Waals surface area (Å²) in [6.07, 6.45) is 0. The Morgan fingerprint density at radius 3 is 2.43 bits per heavy atom. The van der Waals surface area contributed by atoms with Gasteiger partial charge in [0.15, 0.2) is 0 Å². The van der Waals surface area contributed by atoms with Gasteiger partial charge in [0.05, 0.1) is 10.4 Å². The number of benzene rings is 2. The molecule has 1 fully saturated rings. The summed E-state index contributed by atoms with van der Waals surface area (Å²) in [7, 11) is -3.56. The molecule has 2 aromatic carbocycles. The normalized spacial score (nSPS) is 16.7. The van der Waals surface area contributed by atoms with Crippen LogP contribution in [0.15, 0.2) is 58.8 Å². The molecule has 1 amide bonds. The van der Waals surface area contributed by atoms with E-state index in [0.29, 0.717) is 30.5 Å². The summed E-state index contributed by atoms with van der Waals surface area (Å²) in [5.74, 6) is -0.107. The molecule has 184 valence electrons. The summed E-state index contributed by atoms with van der Waals surface area (Å²) in [5, 5.41) is 5.33. The van der Waals surface area contributed by atoms with E-state index in [2.05, 4.69) is 35.0 Å². The van der Waals surface area contributed by atoms with Crippen molar-refractivity contribution in [2.24, 2.45) is 0 Å². The number of aromatic nitrogens is 1. The molecule has 0 bridgehead atoms. The number of carbonyl (C=O) groups excluding carboxylic acids is 1. The molecule has 0 radical (unpaired) electrons. The van der Waals surface area contributed by atoms with Crippen LogP contribution >= 0.6 is 22.9 Å². The number of aryl methyl sites for hydroxylation is 1. The maximum atomic E-state index is 13.1. The Kier molecular flexibility index (Phi) is 6.63. The molecular weight excluding hydrogens is 504 g/mol. The standard InChI is InChI=1S/C25H27ClN4O3S2/c1-3-30-21-7-5-4-6-19(21)20-16-18(8-9-22(20)30)27-25(31)17(2)28-12-14-29(15-13-28)35(32,33)24-11-10-23(26)34-24/h4-11,16-17H,3,12-15H2,1-2H3,(H,27,31)/t17-/m0/s1. The van der Waals surface area contributed by atoms with E-state index in [0.717, 1.165) is 39.9 Å². The highest BCUT2D eigenvalue weighted by atomic mass is 35.5. The lowest BCUT2D eigenvalue weighted by Gasteiger charge is -2.36. The van der Waals surface area contributed by atoms with Crippen molar-refractivity contribution < 1.29 is 13.2 Å². The number of nitrogens with one attached hydrogen (secondary N) is 1. The van der Waals surface area contributed by atoms with Crippen molar-refractivity contribution in [1.82, 2.24) is 13.8 Å². The van der Waals surface area contributed by atoms with E-state index in [4.69, 9.17) is 11.6 Å². The Labute approximate surface area is 213 Å². The number of anilines is 1. The number of hydrogen-bond donors (Lipinski definition) is 1. The molecule has 2 aromatic heterocycles. The largest absolute Gasteiger partial charge is 0.341 e. The van der Waals surface area contributed by atoms with Gasteiger partial charge in [0, 0.05) is 60.2 Å². The number of piperazine rings is 1. The average molecular weight is 531 g/mol. The van der Waals surface area contributed by atoms with E-state index < -0.39 is 10.0 Å². The Morgan fingerprint density at radius 2 is 1.74 bits per heavy atom. The summed E-state index contributed by atoms with van der Waals surface area (Å²) < 4.78 is 30.1. The topological polar surface area (TPSA) is 74.7 Å². The lowest BCUT2D eigenvalue weighted by molar-refractivity contribution is -0.121. The van der Waals surface area contributed by atoms with E-state index in [1.54, 1.807) is 12.1 Å². The molecule has 3 heterocycles. The second-order valence-electron chi connectivity index (χ2n) is 8.66. The van der Waals surface area contributed by atoms with Crippen molar-refractivity contribution in [3.63, 3.8) is 0 Å². The molecule has 1 atom stereocenters. The fourth-order valence-electron chi connectivity index (χ4n) is 4.78. The first-order valence-electron chi connectivity index (χ1n) is 11.6. The van der Waals surface area contributed by atoms with Gasteiger partial charge in [-0.15, -0.1) is 11.3 Å². The maximum Gasteiger partial charge on any atom is 0.252 e. The third-order valence-electron chi connectivity index (χ3n) is 6.70. The van der Waals surface area contributed by atoms with Crippen LogP contribution in [0.1, 0.15) is 13.8 Å². The lowest BCUT2D eigenvalue weighted by atomic mass is 10.1. The molecule has 0 spiro atoms. The molecule has 1 aliphatic rings. The summed E-state index contributed by atoms with van der Waals surface area (Å²) in [6.45, 7) is 6.49. The fourth-order valence-corrected chi connectivity index (χ4v) is 7.84. The second kappa shape index (κ2) is 9.55. The van der Waals surface area contributed by atoms with Crippen LogP contribution in [0, 0.1) is 0 Å². The summed E-state index contributed by atoms with van der Waals surface area (Å²) >= 11 is 6.98. The van der Waals surface area contributed by atoms with E-state index >= 15 is 0 Å². The van der Waals surface area contributed by atoms with Gasteiger partial charge in [-0.3, -0.25) is 9.69 Å². The van der Waals surface area contributed by atoms with Crippen LogP contribution in [-0.2, 0) is 21.4 Å². The zero-order valence-corrected chi connectivity index (χ0v) is 22.0. The lowest BCUT2D eigenvalue weighted by Crippen LogP contribution is -2.53. The first-order chi connectivity index (χ1) is 16.8. The van der Waals surface area contributed by atoms with Gasteiger partial charge in [-0.05, 0) is 50.2 Å². The van der Waals surface area contributed by atoms with Crippen LogP contribution in [0.5, 0.6) is 0 Å². The van der Waals surface area contributed by atoms with E-state index in [9.17, 15) is 13.2 Å². The highest BCUT2D eigenvalue weighted by Gasteiger charge is 2.32. The van der Waals surface area contributed by atoms with Gasteiger partial charge in [0.25, 0.3) is 10.0 Å². The molecule has 1 aliphatic heterocycles. The zero-order chi connectivity index (χ0) is 24.7. The minimum atomic E-state index is -3.56. The van der Waals surface area contributed by atoms with Gasteiger partial charge in [0.2, 0.25) is 5.91 Å². The minimum Gasteiger partial charge on any atom is -0.341 e. The van der Waals surface area contributed by atoms with E-state index in [1.807, 2.05) is 36.1 Å². The number of thiophene rings is 1. The van der Waals surface area contributed by atoms with Gasteiger partial charge in [-0.1, -0.05) is 29.8 Å². The number of fused-ring (bicyclic) bond motifs is 3. The Balaban J connectivity index is 1.27. The summed E-state index contributed by atoms with van der Waals surface area (Å²) in [4.78, 5) is 15.1. The number of sulfonamides is 1. The van der Waals surface area contributed by atoms with E-state index in [-0.39, 0.29) is 16.2 Å². The Morgan fingerprint density at radius 1 is 1.03 bits per heavy atom. The van der Waals surface area contributed by atoms with Gasteiger partial charge in [-0.25, -0.2) is 8.42 Å². The second-order valence-corrected chi connectivity index (χ2v) is 12.5. The van der Waals surface area contributed by atoms with Crippen LogP contribution in [0.25, 0.3) is 21.8 Å². The van der Waals surface area contributed by atoms with Crippen molar-refractivity contribution >= 4 is 66.4 Å². The van der Waals surface area contributed by atoms with Gasteiger partial charge < -0.3 is 9.88 Å². The first kappa shape index (κ1) is 24.3. The van der Waals surface area contributed by atoms with Crippen LogP contribution in [0.2, 0.25) is 4.34 Å². The number of amides is 1. The molecule has 10 heteroatoms. The van der Waals surface area contributed by atoms with Gasteiger partial charge >= 0.3 is 0 Å². The fraction of sp³-hybridized carbons (Fsp3) is 0.320. The monoisotopic (exact) mass is 530 g/mol. The molecule has 0 saturated carbocycles. The van der Waals surface area contributed by atoms with Crippen LogP contribution in [0.4, 0.5) is 5.69 Å². The third-order valence-corrected chi connectivity index (χ3v) is 10.3. The van der Waals surface area contributed by atoms with E-state index in [1.165, 1.54) is 9.82 Å². The van der Waals surface area contributed by atoms with Crippen LogP contribution < -0.4 is 5.32 Å². The molecular formula is C25H27ClN4O3S2. The Hall–Kier alpha value is -2.43. The number of hydrogen-bond acceptors (Lipinski definition) is 5. The first-order valence-corrected chi connectivity index (χ1v) is 14.2. The number of rotatable bonds is 6. The van der Waals surface area contributed by atoms with Crippen molar-refractivity contribution in [2.45, 2.75) is 30.6 Å². The third kappa shape index (κ3) is 4.47. The summed E-state index contributed by atoms with van der Waals surface area (Å²) in [5.41, 5.74) is 3.08. The smallest absolute Gasteiger partial charge is 0.252 e. The average Bonchev–Trinajstić information content (AvgIpc) is 3.45. The van der Waals surface area contributed by atoms with Crippen molar-refractivity contribution in [1.29, 1.82) is 0 Å². The minimum absolute atomic E-state index is 0.107. The van der Waals surface area contributed by atoms with Crippen LogP contribution in [-0.4, -0.2) is 60.3 Å². The van der Waals surface area contributed by atoms with Gasteiger partial charge in [0.1, 0.15) is 4.21 Å². The SMILES string of the molecule is CCn1c2ccccc2c2cc(NC(=O)[C@H](C)N3CCN(S(=O)(=O)c4ccc(Cl)s4)CC3)ccc21. The highest BCUT2D eigenvalue weighted by molar-refractivity contribution is 7.91. The van der Waals surface area contributed by atoms with Crippen LogP contribution in [0.3, 0.4) is 0 Å². The van der Waals surface area contributed by atoms with Crippen molar-refractivity contribution in [2.75, 3.05) is 31.5 Å². The molecule has 0 aliphatic carbocycles. The number of carbonyl (C=O) groups is 1. The molecule has 35 heavy (non-hydrogen) atoms. The predicted octanol–water partition coefficient (Wildman–Crippen LogP) is 4.86. The molecule has 5 rings (SSSR count). The van der Waals surface area contributed by atoms with Crippen molar-refractivity contribution in [3.8, 4) is 0 Å². The van der Waals surface area contributed by atoms with Crippen molar-refractivity contribution in [3.05, 3.63) is 58.9 Å². The molecule has 4 aromatic rings. The zero-order valence-electron chi connectivity index (χ0n) is 19.6. The number of halogens is 1. The molecule has 1 saturated heterocycles. The molecule has 7 nitrogen and oxygen atoms in total. The highest BCUT2D eigenvalue weighted by Crippen LogP contribution is 2.31. The number of nitrogens with zero attached hydrogens (tertiary/aromatic N) is 3.